The van der Waals surface area contributed by atoms with E-state index in [-0.39, 0.29) is 35.7 Å². The molecule has 0 N–H and O–H groups in total. The van der Waals surface area contributed by atoms with Crippen LogP contribution in [-0.4, -0.2) is 36.3 Å². The largest absolute Gasteiger partial charge is 0.484 e. The molecule has 8 heteroatoms. The fourth-order valence-corrected chi connectivity index (χ4v) is 3.09. The molecule has 146 valence electrons. The van der Waals surface area contributed by atoms with Crippen molar-refractivity contribution < 1.29 is 27.5 Å². The van der Waals surface area contributed by atoms with Crippen LogP contribution in [0.15, 0.2) is 30.3 Å². The van der Waals surface area contributed by atoms with Crippen LogP contribution in [0.2, 0.25) is 0 Å². The van der Waals surface area contributed by atoms with Gasteiger partial charge in [0.15, 0.2) is 12.4 Å². The zero-order chi connectivity index (χ0) is 20.4. The molecule has 2 rings (SSSR count). The Hall–Kier alpha value is -2.35. The number of halogens is 3. The Morgan fingerprint density at radius 1 is 1.19 bits per heavy atom. The van der Waals surface area contributed by atoms with Gasteiger partial charge in [0.25, 0.3) is 5.91 Å². The van der Waals surface area contributed by atoms with Gasteiger partial charge >= 0.3 is 6.18 Å². The molecule has 2 aromatic rings. The number of amides is 1. The fraction of sp³-hybridized carbons (Fsp3) is 0.368. The lowest BCUT2D eigenvalue weighted by Gasteiger charge is -2.21. The van der Waals surface area contributed by atoms with Crippen LogP contribution in [0.25, 0.3) is 10.4 Å². The van der Waals surface area contributed by atoms with Gasteiger partial charge in [-0.15, -0.1) is 11.3 Å². The number of thiophene rings is 1. The van der Waals surface area contributed by atoms with Crippen molar-refractivity contribution in [1.29, 1.82) is 0 Å². The van der Waals surface area contributed by atoms with E-state index in [0.717, 1.165) is 23.5 Å². The average molecular weight is 399 g/mol. The quantitative estimate of drug-likeness (QED) is 0.651. The molecule has 1 heterocycles. The normalized spacial score (nSPS) is 11.6. The standard InChI is InChI=1S/C19H20F3NO3S/c1-11(2)23(4)18(25)10-26-15-8-13(7-14(9-15)19(20,21)22)17-6-5-16(27-17)12(3)24/h5-9,11H,10H2,1-4H3. The smallest absolute Gasteiger partial charge is 0.416 e. The van der Waals surface area contributed by atoms with Crippen molar-refractivity contribution in [2.45, 2.75) is 33.0 Å². The highest BCUT2D eigenvalue weighted by atomic mass is 32.1. The van der Waals surface area contributed by atoms with Crippen molar-refractivity contribution in [1.82, 2.24) is 4.90 Å². The Labute approximate surface area is 159 Å². The Balaban J connectivity index is 2.34. The first-order chi connectivity index (χ1) is 12.5. The summed E-state index contributed by atoms with van der Waals surface area (Å²) in [6, 6.07) is 6.43. The summed E-state index contributed by atoms with van der Waals surface area (Å²) in [5, 5.41) is 0. The van der Waals surface area contributed by atoms with Crippen LogP contribution in [0.5, 0.6) is 5.75 Å². The molecular weight excluding hydrogens is 379 g/mol. The first-order valence-electron chi connectivity index (χ1n) is 8.21. The van der Waals surface area contributed by atoms with Crippen molar-refractivity contribution >= 4 is 23.0 Å². The van der Waals surface area contributed by atoms with E-state index < -0.39 is 11.7 Å². The number of ketones is 1. The van der Waals surface area contributed by atoms with Crippen molar-refractivity contribution in [3.63, 3.8) is 0 Å². The van der Waals surface area contributed by atoms with Crippen molar-refractivity contribution in [2.75, 3.05) is 13.7 Å². The summed E-state index contributed by atoms with van der Waals surface area (Å²) in [7, 11) is 1.60. The van der Waals surface area contributed by atoms with Gasteiger partial charge in [-0.2, -0.15) is 13.2 Å². The number of likely N-dealkylation sites (N-methyl/N-ethyl adjacent to an activating group) is 1. The third kappa shape index (κ3) is 5.32. The number of benzene rings is 1. The van der Waals surface area contributed by atoms with Gasteiger partial charge in [-0.1, -0.05) is 0 Å². The van der Waals surface area contributed by atoms with E-state index in [4.69, 9.17) is 4.74 Å². The summed E-state index contributed by atoms with van der Waals surface area (Å²) in [6.45, 7) is 4.68. The van der Waals surface area contributed by atoms with Crippen LogP contribution >= 0.6 is 11.3 Å². The fourth-order valence-electron chi connectivity index (χ4n) is 2.21. The zero-order valence-corrected chi connectivity index (χ0v) is 16.2. The average Bonchev–Trinajstić information content (AvgIpc) is 3.08. The number of carbonyl (C=O) groups excluding carboxylic acids is 2. The van der Waals surface area contributed by atoms with Crippen LogP contribution in [0.1, 0.15) is 36.0 Å². The SMILES string of the molecule is CC(=O)c1ccc(-c2cc(OCC(=O)N(C)C(C)C)cc(C(F)(F)F)c2)s1. The Bertz CT molecular complexity index is 843. The topological polar surface area (TPSA) is 46.6 Å². The van der Waals surface area contributed by atoms with Crippen LogP contribution in [0, 0.1) is 0 Å². The summed E-state index contributed by atoms with van der Waals surface area (Å²) in [5.41, 5.74) is -0.598. The third-order valence-electron chi connectivity index (χ3n) is 4.00. The lowest BCUT2D eigenvalue weighted by molar-refractivity contribution is -0.137. The molecule has 0 atom stereocenters. The highest BCUT2D eigenvalue weighted by molar-refractivity contribution is 7.17. The second-order valence-electron chi connectivity index (χ2n) is 6.35. The molecule has 0 saturated heterocycles. The van der Waals surface area contributed by atoms with Gasteiger partial charge in [0.2, 0.25) is 0 Å². The molecule has 27 heavy (non-hydrogen) atoms. The number of alkyl halides is 3. The molecule has 0 fully saturated rings. The maximum Gasteiger partial charge on any atom is 0.416 e. The van der Waals surface area contributed by atoms with E-state index >= 15 is 0 Å². The minimum Gasteiger partial charge on any atom is -0.484 e. The van der Waals surface area contributed by atoms with Gasteiger partial charge < -0.3 is 9.64 Å². The number of Topliss-reactive ketones (excluding diaryl/α,β-unsaturated/α-hetero) is 1. The molecule has 0 aliphatic heterocycles. The summed E-state index contributed by atoms with van der Waals surface area (Å²) >= 11 is 1.11. The van der Waals surface area contributed by atoms with E-state index in [2.05, 4.69) is 0 Å². The van der Waals surface area contributed by atoms with Gasteiger partial charge in [0.1, 0.15) is 5.75 Å². The second-order valence-corrected chi connectivity index (χ2v) is 7.43. The third-order valence-corrected chi connectivity index (χ3v) is 5.24. The van der Waals surface area contributed by atoms with Crippen molar-refractivity contribution in [3.8, 4) is 16.2 Å². The van der Waals surface area contributed by atoms with E-state index in [9.17, 15) is 22.8 Å². The highest BCUT2D eigenvalue weighted by Crippen LogP contribution is 2.37. The molecule has 0 aliphatic rings. The van der Waals surface area contributed by atoms with Crippen LogP contribution < -0.4 is 4.74 Å². The molecule has 0 aliphatic carbocycles. The molecule has 4 nitrogen and oxygen atoms in total. The van der Waals surface area contributed by atoms with Gasteiger partial charge in [-0.05, 0) is 56.7 Å². The summed E-state index contributed by atoms with van der Waals surface area (Å²) in [4.78, 5) is 25.9. The van der Waals surface area contributed by atoms with Gasteiger partial charge in [0, 0.05) is 18.0 Å². The summed E-state index contributed by atoms with van der Waals surface area (Å²) in [5.74, 6) is -0.543. The van der Waals surface area contributed by atoms with Crippen molar-refractivity contribution in [3.05, 3.63) is 40.8 Å². The number of carbonyl (C=O) groups is 2. The second kappa shape index (κ2) is 8.12. The molecule has 0 radical (unpaired) electrons. The zero-order valence-electron chi connectivity index (χ0n) is 15.4. The Morgan fingerprint density at radius 2 is 1.85 bits per heavy atom. The van der Waals surface area contributed by atoms with E-state index in [1.807, 2.05) is 13.8 Å². The number of hydrogen-bond donors (Lipinski definition) is 0. The van der Waals surface area contributed by atoms with Crippen LogP contribution in [-0.2, 0) is 11.0 Å². The molecule has 1 aromatic carbocycles. The number of rotatable bonds is 6. The molecule has 0 spiro atoms. The van der Waals surface area contributed by atoms with Crippen LogP contribution in [0.4, 0.5) is 13.2 Å². The molecular formula is C19H20F3NO3S. The van der Waals surface area contributed by atoms with E-state index in [1.54, 1.807) is 19.2 Å². The lowest BCUT2D eigenvalue weighted by Crippen LogP contribution is -2.36. The Morgan fingerprint density at radius 3 is 2.37 bits per heavy atom. The van der Waals surface area contributed by atoms with Gasteiger partial charge in [-0.3, -0.25) is 9.59 Å². The maximum absolute atomic E-state index is 13.2. The first kappa shape index (κ1) is 21.0. The predicted octanol–water partition coefficient (Wildman–Crippen LogP) is 4.88. The highest BCUT2D eigenvalue weighted by Gasteiger charge is 2.32. The van der Waals surface area contributed by atoms with Gasteiger partial charge in [0.05, 0.1) is 10.4 Å². The molecule has 1 amide bonds. The molecule has 0 saturated carbocycles. The number of ether oxygens (including phenoxy) is 1. The maximum atomic E-state index is 13.2. The summed E-state index contributed by atoms with van der Waals surface area (Å²) < 4.78 is 45.1. The molecule has 0 unspecified atom stereocenters. The van der Waals surface area contributed by atoms with Crippen molar-refractivity contribution in [2.24, 2.45) is 0 Å². The summed E-state index contributed by atoms with van der Waals surface area (Å²) in [6.07, 6.45) is -4.56. The molecule has 1 aromatic heterocycles. The molecule has 0 bridgehead atoms. The predicted molar refractivity (Wildman–Crippen MR) is 98.2 cm³/mol. The van der Waals surface area contributed by atoms with E-state index in [0.29, 0.717) is 9.75 Å². The number of nitrogens with zero attached hydrogens (tertiary/aromatic N) is 1. The van der Waals surface area contributed by atoms with E-state index in [1.165, 1.54) is 17.9 Å². The van der Waals surface area contributed by atoms with Gasteiger partial charge in [-0.25, -0.2) is 0 Å². The minimum atomic E-state index is -4.56. The Kier molecular flexibility index (Phi) is 6.30. The van der Waals surface area contributed by atoms with Crippen LogP contribution in [0.3, 0.4) is 0 Å². The minimum absolute atomic E-state index is 0.0470. The monoisotopic (exact) mass is 399 g/mol. The first-order valence-corrected chi connectivity index (χ1v) is 9.02. The number of hydrogen-bond acceptors (Lipinski definition) is 4. The lowest BCUT2D eigenvalue weighted by atomic mass is 10.1.